The minimum absolute atomic E-state index is 0.338. The molecule has 0 saturated carbocycles. The van der Waals surface area contributed by atoms with Gasteiger partial charge in [0.15, 0.2) is 0 Å². The van der Waals surface area contributed by atoms with Crippen LogP contribution in [0.4, 0.5) is 0 Å². The van der Waals surface area contributed by atoms with Crippen LogP contribution in [0.15, 0.2) is 24.3 Å². The third kappa shape index (κ3) is 3.77. The maximum atomic E-state index is 9.27. The fourth-order valence-electron chi connectivity index (χ4n) is 1.35. The van der Waals surface area contributed by atoms with Gasteiger partial charge in [-0.2, -0.15) is 0 Å². The van der Waals surface area contributed by atoms with Crippen LogP contribution in [-0.4, -0.2) is 37.2 Å². The second kappa shape index (κ2) is 5.62. The first-order valence-corrected chi connectivity index (χ1v) is 4.83. The van der Waals surface area contributed by atoms with Gasteiger partial charge >= 0.3 is 0 Å². The van der Waals surface area contributed by atoms with Crippen LogP contribution in [-0.2, 0) is 6.54 Å². The molecule has 1 aromatic rings. The van der Waals surface area contributed by atoms with Crippen molar-refractivity contribution < 1.29 is 5.11 Å². The van der Waals surface area contributed by atoms with Gasteiger partial charge in [0, 0.05) is 19.6 Å². The molecule has 3 heteroatoms. The lowest BCUT2D eigenvalue weighted by atomic mass is 10.2. The summed E-state index contributed by atoms with van der Waals surface area (Å²) in [7, 11) is 4.02. The molecule has 0 amide bonds. The molecule has 0 spiro atoms. The predicted molar refractivity (Wildman–Crippen MR) is 58.4 cm³/mol. The first-order chi connectivity index (χ1) is 6.72. The van der Waals surface area contributed by atoms with Crippen molar-refractivity contribution in [2.75, 3.05) is 27.2 Å². The van der Waals surface area contributed by atoms with Crippen LogP contribution >= 0.6 is 0 Å². The molecule has 2 N–H and O–H groups in total. The van der Waals surface area contributed by atoms with Crippen molar-refractivity contribution >= 4 is 0 Å². The highest BCUT2D eigenvalue weighted by atomic mass is 16.3. The first kappa shape index (κ1) is 11.0. The Kier molecular flexibility index (Phi) is 4.43. The van der Waals surface area contributed by atoms with E-state index in [4.69, 9.17) is 0 Å². The summed E-state index contributed by atoms with van der Waals surface area (Å²) in [6, 6.07) is 7.39. The van der Waals surface area contributed by atoms with Gasteiger partial charge in [-0.1, -0.05) is 12.1 Å². The topological polar surface area (TPSA) is 35.5 Å². The second-order valence-electron chi connectivity index (χ2n) is 3.51. The lowest BCUT2D eigenvalue weighted by molar-refractivity contribution is 0.327. The van der Waals surface area contributed by atoms with Gasteiger partial charge in [-0.05, 0) is 31.8 Å². The molecule has 0 atom stereocenters. The van der Waals surface area contributed by atoms with Gasteiger partial charge < -0.3 is 15.3 Å². The third-order valence-electron chi connectivity index (χ3n) is 2.11. The number of nitrogens with zero attached hydrogens (tertiary/aromatic N) is 1. The number of likely N-dealkylation sites (N-methyl/N-ethyl adjacent to an activating group) is 2. The van der Waals surface area contributed by atoms with Crippen LogP contribution in [0.2, 0.25) is 0 Å². The summed E-state index contributed by atoms with van der Waals surface area (Å²) < 4.78 is 0. The van der Waals surface area contributed by atoms with E-state index in [1.807, 2.05) is 19.2 Å². The largest absolute Gasteiger partial charge is 0.508 e. The average Bonchev–Trinajstić information content (AvgIpc) is 2.15. The van der Waals surface area contributed by atoms with Gasteiger partial charge in [0.1, 0.15) is 5.75 Å². The Balaban J connectivity index is 2.43. The first-order valence-electron chi connectivity index (χ1n) is 4.83. The number of phenolic OH excluding ortho intramolecular Hbond substituents is 1. The van der Waals surface area contributed by atoms with Crippen molar-refractivity contribution in [3.63, 3.8) is 0 Å². The van der Waals surface area contributed by atoms with E-state index >= 15 is 0 Å². The number of hydrogen-bond donors (Lipinski definition) is 2. The highest BCUT2D eigenvalue weighted by Gasteiger charge is 1.99. The molecule has 0 unspecified atom stereocenters. The lowest BCUT2D eigenvalue weighted by Crippen LogP contribution is -2.26. The number of hydrogen-bond acceptors (Lipinski definition) is 3. The average molecular weight is 194 g/mol. The number of benzene rings is 1. The molecular weight excluding hydrogens is 176 g/mol. The molecule has 14 heavy (non-hydrogen) atoms. The van der Waals surface area contributed by atoms with Crippen molar-refractivity contribution in [3.05, 3.63) is 29.8 Å². The molecule has 0 bridgehead atoms. The summed E-state index contributed by atoms with van der Waals surface area (Å²) in [4.78, 5) is 2.21. The zero-order valence-corrected chi connectivity index (χ0v) is 8.83. The molecule has 0 heterocycles. The Morgan fingerprint density at radius 3 is 2.86 bits per heavy atom. The fourth-order valence-corrected chi connectivity index (χ4v) is 1.35. The smallest absolute Gasteiger partial charge is 0.115 e. The Labute approximate surface area is 85.4 Å². The molecule has 0 saturated heterocycles. The minimum atomic E-state index is 0.338. The molecule has 1 rings (SSSR count). The summed E-state index contributed by atoms with van der Waals surface area (Å²) in [6.45, 7) is 2.86. The lowest BCUT2D eigenvalue weighted by Gasteiger charge is -2.16. The van der Waals surface area contributed by atoms with E-state index in [0.717, 1.165) is 25.2 Å². The zero-order chi connectivity index (χ0) is 10.4. The monoisotopic (exact) mass is 194 g/mol. The van der Waals surface area contributed by atoms with Crippen molar-refractivity contribution in [1.82, 2.24) is 10.2 Å². The van der Waals surface area contributed by atoms with Crippen LogP contribution < -0.4 is 5.32 Å². The van der Waals surface area contributed by atoms with Crippen LogP contribution in [0.25, 0.3) is 0 Å². The molecule has 0 aromatic heterocycles. The SMILES string of the molecule is CNCCN(C)Cc1cccc(O)c1. The third-order valence-corrected chi connectivity index (χ3v) is 2.11. The van der Waals surface area contributed by atoms with Gasteiger partial charge in [-0.25, -0.2) is 0 Å². The van der Waals surface area contributed by atoms with E-state index in [1.54, 1.807) is 12.1 Å². The Hall–Kier alpha value is -1.06. The molecule has 0 fully saturated rings. The van der Waals surface area contributed by atoms with Crippen LogP contribution in [0, 0.1) is 0 Å². The molecule has 0 aliphatic rings. The highest BCUT2D eigenvalue weighted by Crippen LogP contribution is 2.11. The predicted octanol–water partition coefficient (Wildman–Crippen LogP) is 1.04. The molecule has 3 nitrogen and oxygen atoms in total. The quantitative estimate of drug-likeness (QED) is 0.735. The van der Waals surface area contributed by atoms with E-state index in [0.29, 0.717) is 5.75 Å². The second-order valence-corrected chi connectivity index (χ2v) is 3.51. The van der Waals surface area contributed by atoms with E-state index in [1.165, 1.54) is 0 Å². The maximum absolute atomic E-state index is 9.27. The fraction of sp³-hybridized carbons (Fsp3) is 0.455. The standard InChI is InChI=1S/C11H18N2O/c1-12-6-7-13(2)9-10-4-3-5-11(14)8-10/h3-5,8,12,14H,6-7,9H2,1-2H3. The van der Waals surface area contributed by atoms with E-state index in [2.05, 4.69) is 17.3 Å². The minimum Gasteiger partial charge on any atom is -0.508 e. The number of nitrogens with one attached hydrogen (secondary N) is 1. The van der Waals surface area contributed by atoms with Crippen LogP contribution in [0.3, 0.4) is 0 Å². The Morgan fingerprint density at radius 1 is 1.43 bits per heavy atom. The molecule has 0 aliphatic carbocycles. The summed E-state index contributed by atoms with van der Waals surface area (Å²) in [6.07, 6.45) is 0. The maximum Gasteiger partial charge on any atom is 0.115 e. The van der Waals surface area contributed by atoms with Gasteiger partial charge in [0.2, 0.25) is 0 Å². The van der Waals surface area contributed by atoms with Gasteiger partial charge in [0.25, 0.3) is 0 Å². The van der Waals surface area contributed by atoms with Crippen molar-refractivity contribution in [2.24, 2.45) is 0 Å². The number of rotatable bonds is 5. The van der Waals surface area contributed by atoms with Crippen molar-refractivity contribution in [2.45, 2.75) is 6.54 Å². The number of phenols is 1. The van der Waals surface area contributed by atoms with Crippen LogP contribution in [0.1, 0.15) is 5.56 Å². The van der Waals surface area contributed by atoms with E-state index < -0.39 is 0 Å². The van der Waals surface area contributed by atoms with E-state index in [-0.39, 0.29) is 0 Å². The van der Waals surface area contributed by atoms with E-state index in [9.17, 15) is 5.11 Å². The van der Waals surface area contributed by atoms with Crippen molar-refractivity contribution in [1.29, 1.82) is 0 Å². The summed E-state index contributed by atoms with van der Waals surface area (Å²) >= 11 is 0. The Morgan fingerprint density at radius 2 is 2.21 bits per heavy atom. The summed E-state index contributed by atoms with van der Waals surface area (Å²) in [5, 5.41) is 12.4. The van der Waals surface area contributed by atoms with Crippen molar-refractivity contribution in [3.8, 4) is 5.75 Å². The van der Waals surface area contributed by atoms with Gasteiger partial charge in [-0.15, -0.1) is 0 Å². The summed E-state index contributed by atoms with van der Waals surface area (Å²) in [5.41, 5.74) is 1.14. The Bertz CT molecular complexity index is 276. The van der Waals surface area contributed by atoms with Crippen LogP contribution in [0.5, 0.6) is 5.75 Å². The van der Waals surface area contributed by atoms with Gasteiger partial charge in [0.05, 0.1) is 0 Å². The molecule has 1 aromatic carbocycles. The molecular formula is C11H18N2O. The number of aromatic hydroxyl groups is 1. The van der Waals surface area contributed by atoms with Gasteiger partial charge in [-0.3, -0.25) is 0 Å². The highest BCUT2D eigenvalue weighted by molar-refractivity contribution is 5.26. The molecule has 0 aliphatic heterocycles. The molecule has 78 valence electrons. The summed E-state index contributed by atoms with van der Waals surface area (Å²) in [5.74, 6) is 0.338. The normalized spacial score (nSPS) is 10.8. The molecule has 0 radical (unpaired) electrons. The zero-order valence-electron chi connectivity index (χ0n) is 8.83.